The average molecular weight is 381 g/mol. The highest BCUT2D eigenvalue weighted by Crippen LogP contribution is 2.37. The summed E-state index contributed by atoms with van der Waals surface area (Å²) in [5.74, 6) is 0.662. The molecule has 2 aromatic rings. The molecule has 3 atom stereocenters. The monoisotopic (exact) mass is 380 g/mol. The van der Waals surface area contributed by atoms with Crippen molar-refractivity contribution in [3.05, 3.63) is 65.2 Å². The van der Waals surface area contributed by atoms with E-state index in [2.05, 4.69) is 25.8 Å². The molecule has 4 heteroatoms. The molecule has 1 amide bonds. The molecule has 1 heterocycles. The van der Waals surface area contributed by atoms with Gasteiger partial charge < -0.3 is 14.9 Å². The third-order valence-electron chi connectivity index (χ3n) is 6.34. The molecule has 1 saturated heterocycles. The van der Waals surface area contributed by atoms with Crippen molar-refractivity contribution in [2.75, 3.05) is 20.6 Å². The van der Waals surface area contributed by atoms with Gasteiger partial charge in [0.05, 0.1) is 12.5 Å². The maximum Gasteiger partial charge on any atom is 0.227 e. The smallest absolute Gasteiger partial charge is 0.227 e. The van der Waals surface area contributed by atoms with Gasteiger partial charge in [-0.3, -0.25) is 4.79 Å². The van der Waals surface area contributed by atoms with Crippen molar-refractivity contribution in [3.8, 4) is 5.75 Å². The largest absolute Gasteiger partial charge is 0.508 e. The van der Waals surface area contributed by atoms with Crippen LogP contribution in [0.15, 0.2) is 48.5 Å². The predicted molar refractivity (Wildman–Crippen MR) is 114 cm³/mol. The summed E-state index contributed by atoms with van der Waals surface area (Å²) in [4.78, 5) is 17.4. The summed E-state index contributed by atoms with van der Waals surface area (Å²) in [6, 6.07) is 15.9. The number of piperidine rings is 1. The molecular weight excluding hydrogens is 348 g/mol. The first kappa shape index (κ1) is 20.4. The number of phenols is 1. The van der Waals surface area contributed by atoms with E-state index in [9.17, 15) is 9.90 Å². The van der Waals surface area contributed by atoms with Gasteiger partial charge in [-0.1, -0.05) is 43.3 Å². The molecule has 0 bridgehead atoms. The van der Waals surface area contributed by atoms with Crippen LogP contribution in [0.3, 0.4) is 0 Å². The van der Waals surface area contributed by atoms with Crippen molar-refractivity contribution in [1.29, 1.82) is 0 Å². The number of hydrogen-bond donors (Lipinski definition) is 1. The van der Waals surface area contributed by atoms with Crippen molar-refractivity contribution < 1.29 is 9.90 Å². The zero-order valence-corrected chi connectivity index (χ0v) is 17.4. The number of likely N-dealkylation sites (tertiary alicyclic amines) is 1. The van der Waals surface area contributed by atoms with E-state index in [1.165, 1.54) is 11.1 Å². The number of hydrogen-bond acceptors (Lipinski definition) is 3. The fourth-order valence-corrected chi connectivity index (χ4v) is 4.56. The molecule has 28 heavy (non-hydrogen) atoms. The normalized spacial score (nSPS) is 22.8. The van der Waals surface area contributed by atoms with Gasteiger partial charge in [0.1, 0.15) is 5.75 Å². The second-order valence-corrected chi connectivity index (χ2v) is 8.01. The van der Waals surface area contributed by atoms with E-state index in [0.717, 1.165) is 24.9 Å². The Morgan fingerprint density at radius 3 is 2.61 bits per heavy atom. The van der Waals surface area contributed by atoms with Crippen LogP contribution in [0.2, 0.25) is 0 Å². The quantitative estimate of drug-likeness (QED) is 0.857. The zero-order chi connectivity index (χ0) is 20.3. The molecule has 3 rings (SSSR count). The number of phenolic OH excluding ortho intramolecular Hbond substituents is 1. The minimum Gasteiger partial charge on any atom is -0.508 e. The van der Waals surface area contributed by atoms with Gasteiger partial charge in [-0.2, -0.15) is 0 Å². The molecule has 1 aliphatic heterocycles. The van der Waals surface area contributed by atoms with Crippen LogP contribution >= 0.6 is 0 Å². The van der Waals surface area contributed by atoms with Crippen molar-refractivity contribution in [1.82, 2.24) is 9.80 Å². The number of benzene rings is 2. The summed E-state index contributed by atoms with van der Waals surface area (Å²) in [5, 5.41) is 10.1. The van der Waals surface area contributed by atoms with Gasteiger partial charge in [-0.05, 0) is 62.2 Å². The summed E-state index contributed by atoms with van der Waals surface area (Å²) in [5.41, 5.74) is 3.49. The molecule has 1 aliphatic rings. The topological polar surface area (TPSA) is 43.8 Å². The predicted octanol–water partition coefficient (Wildman–Crippen LogP) is 3.83. The van der Waals surface area contributed by atoms with Gasteiger partial charge in [-0.15, -0.1) is 0 Å². The van der Waals surface area contributed by atoms with Crippen LogP contribution in [0.4, 0.5) is 0 Å². The Balaban J connectivity index is 1.91. The fourth-order valence-electron chi connectivity index (χ4n) is 4.56. The lowest BCUT2D eigenvalue weighted by Gasteiger charge is -2.47. The van der Waals surface area contributed by atoms with Gasteiger partial charge in [0.15, 0.2) is 0 Å². The Morgan fingerprint density at radius 2 is 1.93 bits per heavy atom. The van der Waals surface area contributed by atoms with Crippen LogP contribution in [-0.2, 0) is 17.6 Å². The minimum atomic E-state index is 0.0714. The van der Waals surface area contributed by atoms with E-state index in [0.29, 0.717) is 12.2 Å². The van der Waals surface area contributed by atoms with Gasteiger partial charge in [-0.25, -0.2) is 0 Å². The summed E-state index contributed by atoms with van der Waals surface area (Å²) in [6.07, 6.45) is 2.31. The van der Waals surface area contributed by atoms with Gasteiger partial charge in [0.2, 0.25) is 5.91 Å². The highest BCUT2D eigenvalue weighted by Gasteiger charge is 2.39. The molecule has 1 N–H and O–H groups in total. The molecule has 3 unspecified atom stereocenters. The Bertz CT molecular complexity index is 806. The number of rotatable bonds is 5. The van der Waals surface area contributed by atoms with E-state index in [1.54, 1.807) is 6.07 Å². The van der Waals surface area contributed by atoms with Crippen LogP contribution < -0.4 is 0 Å². The highest BCUT2D eigenvalue weighted by molar-refractivity contribution is 5.79. The van der Waals surface area contributed by atoms with E-state index in [4.69, 9.17) is 0 Å². The van der Waals surface area contributed by atoms with Crippen molar-refractivity contribution in [3.63, 3.8) is 0 Å². The number of amides is 1. The SMILES string of the molecule is CCc1ccc(O)cc1C1CCN(C)C(C)C1N(C)C(=O)Cc1ccccc1. The standard InChI is InChI=1S/C24H32N2O2/c1-5-19-11-12-20(27)16-22(19)21-13-14-25(3)17(2)24(21)26(4)23(28)15-18-9-7-6-8-10-18/h6-12,16-17,21,24,27H,5,13-15H2,1-4H3. The highest BCUT2D eigenvalue weighted by atomic mass is 16.3. The molecule has 2 aromatic carbocycles. The maximum absolute atomic E-state index is 13.1. The number of nitrogens with zero attached hydrogens (tertiary/aromatic N) is 2. The Morgan fingerprint density at radius 1 is 1.21 bits per heavy atom. The maximum atomic E-state index is 13.1. The molecule has 0 aromatic heterocycles. The summed E-state index contributed by atoms with van der Waals surface area (Å²) < 4.78 is 0. The third kappa shape index (κ3) is 4.22. The molecule has 0 saturated carbocycles. The summed E-state index contributed by atoms with van der Waals surface area (Å²) in [6.45, 7) is 5.34. The fraction of sp³-hybridized carbons (Fsp3) is 0.458. The first-order chi connectivity index (χ1) is 13.4. The number of aryl methyl sites for hydroxylation is 1. The molecule has 1 fully saturated rings. The second kappa shape index (κ2) is 8.78. The minimum absolute atomic E-state index is 0.0714. The Labute approximate surface area is 168 Å². The van der Waals surface area contributed by atoms with Gasteiger partial charge in [0, 0.05) is 19.0 Å². The van der Waals surface area contributed by atoms with Crippen LogP contribution in [0, 0.1) is 0 Å². The molecule has 0 aliphatic carbocycles. The summed E-state index contributed by atoms with van der Waals surface area (Å²) in [7, 11) is 4.07. The van der Waals surface area contributed by atoms with Gasteiger partial charge >= 0.3 is 0 Å². The van der Waals surface area contributed by atoms with E-state index in [-0.39, 0.29) is 23.9 Å². The van der Waals surface area contributed by atoms with Crippen LogP contribution in [0.5, 0.6) is 5.75 Å². The van der Waals surface area contributed by atoms with Gasteiger partial charge in [0.25, 0.3) is 0 Å². The molecular formula is C24H32N2O2. The van der Waals surface area contributed by atoms with Crippen molar-refractivity contribution in [2.24, 2.45) is 0 Å². The Hall–Kier alpha value is -2.33. The molecule has 0 radical (unpaired) electrons. The van der Waals surface area contributed by atoms with E-state index in [1.807, 2.05) is 54.4 Å². The first-order valence-corrected chi connectivity index (χ1v) is 10.2. The second-order valence-electron chi connectivity index (χ2n) is 8.01. The third-order valence-corrected chi connectivity index (χ3v) is 6.34. The lowest BCUT2D eigenvalue weighted by Crippen LogP contribution is -2.57. The van der Waals surface area contributed by atoms with Crippen molar-refractivity contribution in [2.45, 2.75) is 51.1 Å². The zero-order valence-electron chi connectivity index (χ0n) is 17.4. The Kier molecular flexibility index (Phi) is 6.40. The number of aromatic hydroxyl groups is 1. The summed E-state index contributed by atoms with van der Waals surface area (Å²) >= 11 is 0. The lowest BCUT2D eigenvalue weighted by molar-refractivity contribution is -0.133. The molecule has 4 nitrogen and oxygen atoms in total. The first-order valence-electron chi connectivity index (χ1n) is 10.2. The lowest BCUT2D eigenvalue weighted by atomic mass is 9.78. The average Bonchev–Trinajstić information content (AvgIpc) is 2.70. The van der Waals surface area contributed by atoms with Crippen LogP contribution in [0.25, 0.3) is 0 Å². The number of likely N-dealkylation sites (N-methyl/N-ethyl adjacent to an activating group) is 2. The van der Waals surface area contributed by atoms with Crippen LogP contribution in [0.1, 0.15) is 42.9 Å². The molecule has 150 valence electrons. The van der Waals surface area contributed by atoms with E-state index < -0.39 is 0 Å². The van der Waals surface area contributed by atoms with Crippen molar-refractivity contribution >= 4 is 5.91 Å². The molecule has 0 spiro atoms. The van der Waals surface area contributed by atoms with E-state index >= 15 is 0 Å². The number of carbonyl (C=O) groups excluding carboxylic acids is 1. The number of carbonyl (C=O) groups is 1. The van der Waals surface area contributed by atoms with Crippen LogP contribution in [-0.4, -0.2) is 53.5 Å².